The minimum absolute atomic E-state index is 0.402. The molecule has 0 bridgehead atoms. The molecule has 0 saturated heterocycles. The molecule has 16 heavy (non-hydrogen) atoms. The molecular formula is C12H17N3S. The zero-order valence-corrected chi connectivity index (χ0v) is 10.1. The van der Waals surface area contributed by atoms with Crippen LogP contribution in [0.1, 0.15) is 31.2 Å². The quantitative estimate of drug-likeness (QED) is 0.769. The third-order valence-corrected chi connectivity index (χ3v) is 3.36. The van der Waals surface area contributed by atoms with E-state index >= 15 is 0 Å². The maximum atomic E-state index is 5.63. The third kappa shape index (κ3) is 2.70. The van der Waals surface area contributed by atoms with Crippen molar-refractivity contribution >= 4 is 23.0 Å². The number of nitrogens with two attached hydrogens (primary N) is 1. The maximum Gasteiger partial charge on any atom is 0.136 e. The van der Waals surface area contributed by atoms with Gasteiger partial charge >= 0.3 is 0 Å². The summed E-state index contributed by atoms with van der Waals surface area (Å²) in [4.78, 5) is 4.66. The SMILES string of the molecule is NC(=S)c1cccnc1NCCC1CCC1. The fraction of sp³-hybridized carbons (Fsp3) is 0.500. The molecule has 1 fully saturated rings. The smallest absolute Gasteiger partial charge is 0.136 e. The van der Waals surface area contributed by atoms with Gasteiger partial charge in [-0.2, -0.15) is 0 Å². The van der Waals surface area contributed by atoms with Gasteiger partial charge in [0.25, 0.3) is 0 Å². The van der Waals surface area contributed by atoms with E-state index in [0.717, 1.165) is 23.8 Å². The van der Waals surface area contributed by atoms with Gasteiger partial charge in [-0.05, 0) is 24.5 Å². The van der Waals surface area contributed by atoms with E-state index in [9.17, 15) is 0 Å². The Balaban J connectivity index is 1.89. The van der Waals surface area contributed by atoms with Crippen LogP contribution < -0.4 is 11.1 Å². The minimum Gasteiger partial charge on any atom is -0.389 e. The number of hydrogen-bond donors (Lipinski definition) is 2. The predicted octanol–water partition coefficient (Wildman–Crippen LogP) is 2.32. The number of pyridine rings is 1. The van der Waals surface area contributed by atoms with Crippen LogP contribution in [0.4, 0.5) is 5.82 Å². The van der Waals surface area contributed by atoms with Gasteiger partial charge in [-0.25, -0.2) is 4.98 Å². The standard InChI is InChI=1S/C12H17N3S/c13-11(16)10-5-2-7-14-12(10)15-8-6-9-3-1-4-9/h2,5,7,9H,1,3-4,6,8H2,(H2,13,16)(H,14,15). The van der Waals surface area contributed by atoms with Gasteiger partial charge in [-0.15, -0.1) is 0 Å². The number of aromatic nitrogens is 1. The highest BCUT2D eigenvalue weighted by Crippen LogP contribution is 2.29. The van der Waals surface area contributed by atoms with E-state index in [-0.39, 0.29) is 0 Å². The zero-order chi connectivity index (χ0) is 11.4. The second-order valence-electron chi connectivity index (χ2n) is 4.28. The number of hydrogen-bond acceptors (Lipinski definition) is 3. The van der Waals surface area contributed by atoms with Gasteiger partial charge in [-0.3, -0.25) is 0 Å². The minimum atomic E-state index is 0.402. The summed E-state index contributed by atoms with van der Waals surface area (Å²) in [5.41, 5.74) is 6.47. The molecule has 0 atom stereocenters. The topological polar surface area (TPSA) is 50.9 Å². The lowest BCUT2D eigenvalue weighted by atomic mass is 9.83. The van der Waals surface area contributed by atoms with Crippen LogP contribution in [0, 0.1) is 5.92 Å². The largest absolute Gasteiger partial charge is 0.389 e. The van der Waals surface area contributed by atoms with Crippen molar-refractivity contribution in [3.8, 4) is 0 Å². The van der Waals surface area contributed by atoms with Gasteiger partial charge in [-0.1, -0.05) is 31.5 Å². The average molecular weight is 235 g/mol. The van der Waals surface area contributed by atoms with E-state index in [1.807, 2.05) is 12.1 Å². The molecule has 1 heterocycles. The lowest BCUT2D eigenvalue weighted by Crippen LogP contribution is -2.18. The first-order valence-electron chi connectivity index (χ1n) is 5.76. The average Bonchev–Trinajstić information content (AvgIpc) is 2.22. The molecule has 1 aromatic rings. The number of nitrogens with zero attached hydrogens (tertiary/aromatic N) is 1. The number of rotatable bonds is 5. The molecule has 4 heteroatoms. The van der Waals surface area contributed by atoms with Crippen molar-refractivity contribution < 1.29 is 0 Å². The molecule has 0 amide bonds. The summed E-state index contributed by atoms with van der Waals surface area (Å²) in [6.07, 6.45) is 7.13. The first kappa shape index (κ1) is 11.3. The molecule has 3 N–H and O–H groups in total. The molecule has 86 valence electrons. The normalized spacial score (nSPS) is 15.5. The van der Waals surface area contributed by atoms with Crippen molar-refractivity contribution in [1.82, 2.24) is 4.98 Å². The monoisotopic (exact) mass is 235 g/mol. The van der Waals surface area contributed by atoms with Gasteiger partial charge in [0.1, 0.15) is 10.8 Å². The van der Waals surface area contributed by atoms with Crippen LogP contribution in [-0.4, -0.2) is 16.5 Å². The number of anilines is 1. The van der Waals surface area contributed by atoms with Crippen LogP contribution in [0.2, 0.25) is 0 Å². The second-order valence-corrected chi connectivity index (χ2v) is 4.72. The highest BCUT2D eigenvalue weighted by molar-refractivity contribution is 7.80. The van der Waals surface area contributed by atoms with Crippen LogP contribution >= 0.6 is 12.2 Å². The molecule has 1 aromatic heterocycles. The molecule has 0 unspecified atom stereocenters. The molecule has 0 spiro atoms. The fourth-order valence-electron chi connectivity index (χ4n) is 1.92. The molecule has 3 nitrogen and oxygen atoms in total. The third-order valence-electron chi connectivity index (χ3n) is 3.14. The fourth-order valence-corrected chi connectivity index (χ4v) is 2.09. The van der Waals surface area contributed by atoms with E-state index in [1.165, 1.54) is 25.7 Å². The summed E-state index contributed by atoms with van der Waals surface area (Å²) in [6, 6.07) is 3.76. The highest BCUT2D eigenvalue weighted by atomic mass is 32.1. The van der Waals surface area contributed by atoms with E-state index in [2.05, 4.69) is 10.3 Å². The Morgan fingerprint density at radius 3 is 3.00 bits per heavy atom. The Bertz CT molecular complexity index is 374. The molecule has 1 aliphatic carbocycles. The van der Waals surface area contributed by atoms with E-state index < -0.39 is 0 Å². The number of thiocarbonyl (C=S) groups is 1. The van der Waals surface area contributed by atoms with Crippen LogP contribution in [0.15, 0.2) is 18.3 Å². The molecule has 0 aromatic carbocycles. The van der Waals surface area contributed by atoms with E-state index in [1.54, 1.807) is 6.20 Å². The Kier molecular flexibility index (Phi) is 3.72. The van der Waals surface area contributed by atoms with Crippen molar-refractivity contribution in [2.24, 2.45) is 11.7 Å². The van der Waals surface area contributed by atoms with Crippen molar-refractivity contribution in [2.75, 3.05) is 11.9 Å². The van der Waals surface area contributed by atoms with Gasteiger partial charge in [0.2, 0.25) is 0 Å². The maximum absolute atomic E-state index is 5.63. The molecule has 0 aliphatic heterocycles. The Morgan fingerprint density at radius 2 is 2.38 bits per heavy atom. The van der Waals surface area contributed by atoms with E-state index in [4.69, 9.17) is 18.0 Å². The van der Waals surface area contributed by atoms with Gasteiger partial charge < -0.3 is 11.1 Å². The first-order valence-corrected chi connectivity index (χ1v) is 6.17. The van der Waals surface area contributed by atoms with Crippen molar-refractivity contribution in [1.29, 1.82) is 0 Å². The van der Waals surface area contributed by atoms with Gasteiger partial charge in [0, 0.05) is 12.7 Å². The van der Waals surface area contributed by atoms with Crippen LogP contribution in [0.3, 0.4) is 0 Å². The summed E-state index contributed by atoms with van der Waals surface area (Å²) in [7, 11) is 0. The van der Waals surface area contributed by atoms with E-state index in [0.29, 0.717) is 4.99 Å². The first-order chi connectivity index (χ1) is 7.77. The Labute approximate surface area is 101 Å². The summed E-state index contributed by atoms with van der Waals surface area (Å²) >= 11 is 4.98. The summed E-state index contributed by atoms with van der Waals surface area (Å²) < 4.78 is 0. The summed E-state index contributed by atoms with van der Waals surface area (Å²) in [5.74, 6) is 1.72. The summed E-state index contributed by atoms with van der Waals surface area (Å²) in [6.45, 7) is 0.956. The van der Waals surface area contributed by atoms with Crippen molar-refractivity contribution in [2.45, 2.75) is 25.7 Å². The highest BCUT2D eigenvalue weighted by Gasteiger charge is 2.16. The van der Waals surface area contributed by atoms with Crippen LogP contribution in [-0.2, 0) is 0 Å². The Morgan fingerprint density at radius 1 is 1.56 bits per heavy atom. The number of nitrogens with one attached hydrogen (secondary N) is 1. The van der Waals surface area contributed by atoms with Crippen LogP contribution in [0.5, 0.6) is 0 Å². The summed E-state index contributed by atoms with van der Waals surface area (Å²) in [5, 5.41) is 3.32. The lowest BCUT2D eigenvalue weighted by molar-refractivity contribution is 0.303. The molecule has 0 radical (unpaired) electrons. The molecule has 1 aliphatic rings. The van der Waals surface area contributed by atoms with Gasteiger partial charge in [0.05, 0.1) is 5.56 Å². The molecular weight excluding hydrogens is 218 g/mol. The van der Waals surface area contributed by atoms with Crippen LogP contribution in [0.25, 0.3) is 0 Å². The molecule has 1 saturated carbocycles. The van der Waals surface area contributed by atoms with Crippen molar-refractivity contribution in [3.63, 3.8) is 0 Å². The molecule has 2 rings (SSSR count). The predicted molar refractivity (Wildman–Crippen MR) is 70.6 cm³/mol. The van der Waals surface area contributed by atoms with Gasteiger partial charge in [0.15, 0.2) is 0 Å². The Hall–Kier alpha value is -1.16. The van der Waals surface area contributed by atoms with Crippen molar-refractivity contribution in [3.05, 3.63) is 23.9 Å². The zero-order valence-electron chi connectivity index (χ0n) is 9.28. The lowest BCUT2D eigenvalue weighted by Gasteiger charge is -2.25. The second kappa shape index (κ2) is 5.25.